The largest absolute Gasteiger partial charge is 0.341 e. The van der Waals surface area contributed by atoms with Crippen LogP contribution in [-0.4, -0.2) is 9.13 Å². The van der Waals surface area contributed by atoms with Crippen LogP contribution in [0.25, 0.3) is 32.7 Å². The van der Waals surface area contributed by atoms with Crippen LogP contribution in [-0.2, 0) is 12.8 Å². The molecule has 0 amide bonds. The highest BCUT2D eigenvalue weighted by molar-refractivity contribution is 6.13. The summed E-state index contributed by atoms with van der Waals surface area (Å²) < 4.78 is 5.60. The molecule has 0 aliphatic heterocycles. The minimum Gasteiger partial charge on any atom is -0.341 e. The molecule has 32 heavy (non-hydrogen) atoms. The number of hydrogen-bond donors (Lipinski definition) is 0. The number of nitrogens with zero attached hydrogens (tertiary/aromatic N) is 2. The predicted molar refractivity (Wildman–Crippen MR) is 136 cm³/mol. The lowest BCUT2D eigenvalue weighted by Crippen LogP contribution is -2.17. The molecule has 3 aliphatic rings. The Bertz CT molecular complexity index is 1290. The Kier molecular flexibility index (Phi) is 4.62. The summed E-state index contributed by atoms with van der Waals surface area (Å²) in [5.41, 5.74) is 7.89. The molecule has 2 aromatic carbocycles. The molecule has 0 saturated heterocycles. The Morgan fingerprint density at radius 1 is 0.531 bits per heavy atom. The monoisotopic (exact) mass is 424 g/mol. The molecule has 2 fully saturated rings. The second kappa shape index (κ2) is 7.68. The lowest BCUT2D eigenvalue weighted by Gasteiger charge is -2.28. The Morgan fingerprint density at radius 2 is 1.19 bits per heavy atom. The summed E-state index contributed by atoms with van der Waals surface area (Å²) in [6, 6.07) is 15.8. The van der Waals surface area contributed by atoms with Crippen LogP contribution in [0.2, 0.25) is 0 Å². The van der Waals surface area contributed by atoms with Crippen molar-refractivity contribution in [2.24, 2.45) is 0 Å². The fourth-order valence-electron chi connectivity index (χ4n) is 7.55. The average Bonchev–Trinajstić information content (AvgIpc) is 3.36. The minimum absolute atomic E-state index is 0.663. The minimum atomic E-state index is 0.663. The van der Waals surface area contributed by atoms with E-state index in [1.165, 1.54) is 112 Å². The van der Waals surface area contributed by atoms with Gasteiger partial charge in [-0.15, -0.1) is 0 Å². The van der Waals surface area contributed by atoms with E-state index in [2.05, 4.69) is 45.5 Å². The van der Waals surface area contributed by atoms with Crippen molar-refractivity contribution in [2.45, 2.75) is 102 Å². The van der Waals surface area contributed by atoms with Crippen molar-refractivity contribution < 1.29 is 0 Å². The first-order valence-electron chi connectivity index (χ1n) is 13.5. The third-order valence-electron chi connectivity index (χ3n) is 9.02. The summed E-state index contributed by atoms with van der Waals surface area (Å²) in [4.78, 5) is 0. The van der Waals surface area contributed by atoms with Crippen LogP contribution >= 0.6 is 0 Å². The normalized spacial score (nSPS) is 21.0. The van der Waals surface area contributed by atoms with Crippen molar-refractivity contribution in [3.05, 3.63) is 47.7 Å². The first-order chi connectivity index (χ1) is 15.9. The van der Waals surface area contributed by atoms with E-state index < -0.39 is 0 Å². The smallest absolute Gasteiger partial charge is 0.0515 e. The molecular weight excluding hydrogens is 388 g/mol. The fraction of sp³-hybridized carbons (Fsp3) is 0.533. The van der Waals surface area contributed by atoms with Crippen LogP contribution in [0.1, 0.15) is 100 Å². The highest BCUT2D eigenvalue weighted by Gasteiger charge is 2.28. The van der Waals surface area contributed by atoms with Gasteiger partial charge in [0.2, 0.25) is 0 Å². The van der Waals surface area contributed by atoms with Crippen LogP contribution in [0.3, 0.4) is 0 Å². The van der Waals surface area contributed by atoms with Crippen LogP contribution in [0.5, 0.6) is 0 Å². The zero-order valence-electron chi connectivity index (χ0n) is 19.4. The first kappa shape index (κ1) is 19.3. The molecule has 0 unspecified atom stereocenters. The third kappa shape index (κ3) is 2.84. The van der Waals surface area contributed by atoms with E-state index in [0.29, 0.717) is 6.04 Å². The molecule has 2 aromatic heterocycles. The van der Waals surface area contributed by atoms with Crippen molar-refractivity contribution in [1.29, 1.82) is 0 Å². The molecule has 0 N–H and O–H groups in total. The van der Waals surface area contributed by atoms with Gasteiger partial charge in [-0.05, 0) is 75.1 Å². The molecule has 0 spiro atoms. The van der Waals surface area contributed by atoms with Crippen LogP contribution in [0.4, 0.5) is 0 Å². The third-order valence-corrected chi connectivity index (χ3v) is 9.02. The Hall–Kier alpha value is -2.22. The van der Waals surface area contributed by atoms with E-state index in [4.69, 9.17) is 0 Å². The van der Waals surface area contributed by atoms with E-state index in [1.807, 2.05) is 0 Å². The number of aromatic nitrogens is 2. The van der Waals surface area contributed by atoms with Gasteiger partial charge in [0.25, 0.3) is 0 Å². The molecule has 2 heteroatoms. The van der Waals surface area contributed by atoms with Crippen LogP contribution < -0.4 is 0 Å². The van der Waals surface area contributed by atoms with Crippen LogP contribution in [0.15, 0.2) is 36.4 Å². The second-order valence-corrected chi connectivity index (χ2v) is 10.9. The summed E-state index contributed by atoms with van der Waals surface area (Å²) in [5.74, 6) is 0. The quantitative estimate of drug-likeness (QED) is 0.305. The molecule has 0 radical (unpaired) electrons. The molecule has 2 saturated carbocycles. The number of rotatable bonds is 2. The SMILES string of the molecule is c1ccc2c(c1)c1cc3c4c(n(C5CCCCC5)c3cc1n2C1CCCCC1)CCCC4. The van der Waals surface area contributed by atoms with Crippen molar-refractivity contribution in [3.8, 4) is 0 Å². The number of para-hydroxylation sites is 1. The first-order valence-corrected chi connectivity index (χ1v) is 13.5. The zero-order valence-corrected chi connectivity index (χ0v) is 19.4. The molecule has 2 nitrogen and oxygen atoms in total. The lowest BCUT2D eigenvalue weighted by molar-refractivity contribution is 0.351. The molecule has 7 rings (SSSR count). The van der Waals surface area contributed by atoms with E-state index in [1.54, 1.807) is 22.2 Å². The summed E-state index contributed by atoms with van der Waals surface area (Å²) >= 11 is 0. The number of fused-ring (bicyclic) bond motifs is 6. The van der Waals surface area contributed by atoms with E-state index >= 15 is 0 Å². The van der Waals surface area contributed by atoms with Gasteiger partial charge < -0.3 is 9.13 Å². The summed E-state index contributed by atoms with van der Waals surface area (Å²) in [6.45, 7) is 0. The molecule has 0 bridgehead atoms. The summed E-state index contributed by atoms with van der Waals surface area (Å²) in [7, 11) is 0. The standard InChI is InChI=1S/C30H36N2/c1-3-11-21(12-4-1)31-27-17-9-7-15-23(27)25-19-26-24-16-8-10-18-28(24)32(30(26)20-29(25)31)22-13-5-2-6-14-22/h7,9,15,17,19-22H,1-6,8,10-14,16,18H2. The maximum Gasteiger partial charge on any atom is 0.0515 e. The van der Waals surface area contributed by atoms with Gasteiger partial charge in [-0.1, -0.05) is 56.7 Å². The van der Waals surface area contributed by atoms with Gasteiger partial charge in [0.1, 0.15) is 0 Å². The van der Waals surface area contributed by atoms with Gasteiger partial charge in [-0.3, -0.25) is 0 Å². The van der Waals surface area contributed by atoms with Gasteiger partial charge in [-0.25, -0.2) is 0 Å². The zero-order chi connectivity index (χ0) is 21.1. The maximum absolute atomic E-state index is 2.85. The Labute approximate surface area is 191 Å². The van der Waals surface area contributed by atoms with E-state index in [-0.39, 0.29) is 0 Å². The lowest BCUT2D eigenvalue weighted by atomic mass is 9.93. The number of benzene rings is 2. The Balaban J connectivity index is 1.54. The number of hydrogen-bond acceptors (Lipinski definition) is 0. The molecular formula is C30H36N2. The topological polar surface area (TPSA) is 9.86 Å². The van der Waals surface area contributed by atoms with E-state index in [0.717, 1.165) is 6.04 Å². The average molecular weight is 425 g/mol. The fourth-order valence-corrected chi connectivity index (χ4v) is 7.55. The van der Waals surface area contributed by atoms with Gasteiger partial charge in [0.15, 0.2) is 0 Å². The molecule has 0 atom stereocenters. The highest BCUT2D eigenvalue weighted by atomic mass is 15.0. The van der Waals surface area contributed by atoms with Crippen LogP contribution in [0, 0.1) is 0 Å². The maximum atomic E-state index is 2.85. The summed E-state index contributed by atoms with van der Waals surface area (Å²) in [6.07, 6.45) is 19.1. The van der Waals surface area contributed by atoms with Gasteiger partial charge in [0.05, 0.1) is 11.0 Å². The molecule has 3 aliphatic carbocycles. The number of aryl methyl sites for hydroxylation is 1. The molecule has 2 heterocycles. The highest BCUT2D eigenvalue weighted by Crippen LogP contribution is 2.44. The van der Waals surface area contributed by atoms with Crippen molar-refractivity contribution in [2.75, 3.05) is 0 Å². The van der Waals surface area contributed by atoms with Gasteiger partial charge in [-0.2, -0.15) is 0 Å². The van der Waals surface area contributed by atoms with Crippen molar-refractivity contribution >= 4 is 32.7 Å². The second-order valence-electron chi connectivity index (χ2n) is 10.9. The summed E-state index contributed by atoms with van der Waals surface area (Å²) in [5, 5.41) is 4.53. The van der Waals surface area contributed by atoms with Gasteiger partial charge in [0, 0.05) is 39.5 Å². The van der Waals surface area contributed by atoms with Crippen molar-refractivity contribution in [3.63, 3.8) is 0 Å². The van der Waals surface area contributed by atoms with E-state index in [9.17, 15) is 0 Å². The molecule has 4 aromatic rings. The van der Waals surface area contributed by atoms with Gasteiger partial charge >= 0.3 is 0 Å². The van der Waals surface area contributed by atoms with Crippen molar-refractivity contribution in [1.82, 2.24) is 9.13 Å². The molecule has 166 valence electrons. The Morgan fingerprint density at radius 3 is 1.97 bits per heavy atom. The predicted octanol–water partition coefficient (Wildman–Crippen LogP) is 8.64.